The maximum atomic E-state index is 9.71. The molecule has 0 radical (unpaired) electrons. The van der Waals surface area contributed by atoms with E-state index in [1.165, 1.54) is 0 Å². The normalized spacial score (nSPS) is 25.3. The molecule has 0 unspecified atom stereocenters. The van der Waals surface area contributed by atoms with Gasteiger partial charge in [-0.15, -0.1) is 0 Å². The molecule has 1 aromatic rings. The van der Waals surface area contributed by atoms with Gasteiger partial charge in [0.15, 0.2) is 0 Å². The Bertz CT molecular complexity index is 394. The number of rotatable bonds is 3. The zero-order valence-corrected chi connectivity index (χ0v) is 11.5. The SMILES string of the molecule is OC[C@H]1CN(Cc2cc(Cl)cc(Cl)c2)CC[C@H]1O. The van der Waals surface area contributed by atoms with E-state index in [2.05, 4.69) is 4.90 Å². The van der Waals surface area contributed by atoms with Crippen molar-refractivity contribution in [3.05, 3.63) is 33.8 Å². The monoisotopic (exact) mass is 289 g/mol. The standard InChI is InChI=1S/C13H17Cl2NO2/c14-11-3-9(4-12(15)5-11)6-16-2-1-13(18)10(7-16)8-17/h3-5,10,13,17-18H,1-2,6-8H2/t10-,13-/m1/s1. The predicted octanol–water partition coefficient (Wildman–Crippen LogP) is 2.17. The number of likely N-dealkylation sites (tertiary alicyclic amines) is 1. The molecule has 2 atom stereocenters. The van der Waals surface area contributed by atoms with Crippen molar-refractivity contribution in [2.24, 2.45) is 5.92 Å². The fourth-order valence-corrected chi connectivity index (χ4v) is 2.95. The summed E-state index contributed by atoms with van der Waals surface area (Å²) in [4.78, 5) is 2.20. The molecule has 1 aliphatic heterocycles. The lowest BCUT2D eigenvalue weighted by atomic mass is 9.95. The van der Waals surface area contributed by atoms with E-state index in [0.717, 1.165) is 18.7 Å². The van der Waals surface area contributed by atoms with E-state index in [0.29, 0.717) is 23.0 Å². The minimum atomic E-state index is -0.394. The molecule has 100 valence electrons. The molecular formula is C13H17Cl2NO2. The van der Waals surface area contributed by atoms with Crippen LogP contribution in [0.5, 0.6) is 0 Å². The molecule has 0 saturated carbocycles. The van der Waals surface area contributed by atoms with Crippen LogP contribution in [0.2, 0.25) is 10.0 Å². The molecule has 3 nitrogen and oxygen atoms in total. The predicted molar refractivity (Wildman–Crippen MR) is 72.9 cm³/mol. The first-order valence-electron chi connectivity index (χ1n) is 6.04. The van der Waals surface area contributed by atoms with Gasteiger partial charge in [-0.2, -0.15) is 0 Å². The van der Waals surface area contributed by atoms with Crippen LogP contribution in [0, 0.1) is 5.92 Å². The average molecular weight is 290 g/mol. The van der Waals surface area contributed by atoms with E-state index >= 15 is 0 Å². The molecular weight excluding hydrogens is 273 g/mol. The van der Waals surface area contributed by atoms with Crippen molar-refractivity contribution in [1.29, 1.82) is 0 Å². The molecule has 0 bridgehead atoms. The van der Waals surface area contributed by atoms with Crippen LogP contribution in [-0.4, -0.2) is 40.9 Å². The first kappa shape index (κ1) is 14.1. The summed E-state index contributed by atoms with van der Waals surface area (Å²) in [5, 5.41) is 20.2. The number of benzene rings is 1. The highest BCUT2D eigenvalue weighted by molar-refractivity contribution is 6.34. The Morgan fingerprint density at radius 2 is 1.89 bits per heavy atom. The summed E-state index contributed by atoms with van der Waals surface area (Å²) in [5.74, 6) is -0.0617. The number of piperidine rings is 1. The van der Waals surface area contributed by atoms with Gasteiger partial charge >= 0.3 is 0 Å². The van der Waals surface area contributed by atoms with Gasteiger partial charge in [-0.3, -0.25) is 4.90 Å². The molecule has 1 fully saturated rings. The molecule has 2 rings (SSSR count). The van der Waals surface area contributed by atoms with Gasteiger partial charge in [-0.1, -0.05) is 23.2 Å². The maximum absolute atomic E-state index is 9.71. The lowest BCUT2D eigenvalue weighted by Crippen LogP contribution is -2.44. The van der Waals surface area contributed by atoms with E-state index in [4.69, 9.17) is 23.2 Å². The number of hydrogen-bond acceptors (Lipinski definition) is 3. The Morgan fingerprint density at radius 3 is 2.50 bits per heavy atom. The van der Waals surface area contributed by atoms with Gasteiger partial charge in [0.25, 0.3) is 0 Å². The Hall–Kier alpha value is -0.320. The minimum absolute atomic E-state index is 0.0218. The van der Waals surface area contributed by atoms with Crippen molar-refractivity contribution in [2.75, 3.05) is 19.7 Å². The zero-order chi connectivity index (χ0) is 13.1. The number of halogens is 2. The van der Waals surface area contributed by atoms with E-state index in [1.807, 2.05) is 12.1 Å². The molecule has 1 heterocycles. The summed E-state index contributed by atoms with van der Waals surface area (Å²) in [5.41, 5.74) is 1.06. The van der Waals surface area contributed by atoms with Gasteiger partial charge in [0, 0.05) is 42.2 Å². The summed E-state index contributed by atoms with van der Waals surface area (Å²) >= 11 is 11.9. The number of aliphatic hydroxyl groups excluding tert-OH is 2. The lowest BCUT2D eigenvalue weighted by Gasteiger charge is -2.35. The first-order valence-corrected chi connectivity index (χ1v) is 6.80. The van der Waals surface area contributed by atoms with Crippen molar-refractivity contribution >= 4 is 23.2 Å². The third kappa shape index (κ3) is 3.59. The van der Waals surface area contributed by atoms with Gasteiger partial charge in [0.05, 0.1) is 6.10 Å². The highest BCUT2D eigenvalue weighted by atomic mass is 35.5. The van der Waals surface area contributed by atoms with Gasteiger partial charge < -0.3 is 10.2 Å². The second-order valence-corrected chi connectivity index (χ2v) is 5.68. The van der Waals surface area contributed by atoms with Gasteiger partial charge in [0.2, 0.25) is 0 Å². The maximum Gasteiger partial charge on any atom is 0.0614 e. The molecule has 5 heteroatoms. The fourth-order valence-electron chi connectivity index (χ4n) is 2.38. The number of aliphatic hydroxyl groups is 2. The fraction of sp³-hybridized carbons (Fsp3) is 0.538. The molecule has 2 N–H and O–H groups in total. The molecule has 18 heavy (non-hydrogen) atoms. The summed E-state index contributed by atoms with van der Waals surface area (Å²) in [7, 11) is 0. The quantitative estimate of drug-likeness (QED) is 0.896. The number of hydrogen-bond donors (Lipinski definition) is 2. The molecule has 0 aliphatic carbocycles. The van der Waals surface area contributed by atoms with Crippen LogP contribution in [0.4, 0.5) is 0 Å². The summed E-state index contributed by atoms with van der Waals surface area (Å²) in [6, 6.07) is 5.50. The van der Waals surface area contributed by atoms with Crippen LogP contribution in [0.15, 0.2) is 18.2 Å². The molecule has 1 aliphatic rings. The Morgan fingerprint density at radius 1 is 1.22 bits per heavy atom. The second kappa shape index (κ2) is 6.22. The molecule has 1 saturated heterocycles. The Labute approximate surface area is 117 Å². The second-order valence-electron chi connectivity index (χ2n) is 4.81. The van der Waals surface area contributed by atoms with E-state index in [9.17, 15) is 10.2 Å². The Balaban J connectivity index is 2.01. The molecule has 1 aromatic carbocycles. The smallest absolute Gasteiger partial charge is 0.0614 e. The minimum Gasteiger partial charge on any atom is -0.396 e. The van der Waals surface area contributed by atoms with Crippen LogP contribution >= 0.6 is 23.2 Å². The average Bonchev–Trinajstić information content (AvgIpc) is 2.30. The van der Waals surface area contributed by atoms with Gasteiger partial charge in [-0.25, -0.2) is 0 Å². The largest absolute Gasteiger partial charge is 0.396 e. The van der Waals surface area contributed by atoms with Crippen LogP contribution in [0.1, 0.15) is 12.0 Å². The van der Waals surface area contributed by atoms with Gasteiger partial charge in [-0.05, 0) is 30.2 Å². The van der Waals surface area contributed by atoms with E-state index in [1.54, 1.807) is 6.07 Å². The topological polar surface area (TPSA) is 43.7 Å². The van der Waals surface area contributed by atoms with Gasteiger partial charge in [0.1, 0.15) is 0 Å². The summed E-state index contributed by atoms with van der Waals surface area (Å²) in [6.07, 6.45) is 0.300. The molecule has 0 amide bonds. The zero-order valence-electron chi connectivity index (χ0n) is 10.0. The Kier molecular flexibility index (Phi) is 4.87. The summed E-state index contributed by atoms with van der Waals surface area (Å²) in [6.45, 7) is 2.28. The van der Waals surface area contributed by atoms with Crippen molar-refractivity contribution < 1.29 is 10.2 Å². The third-order valence-electron chi connectivity index (χ3n) is 3.34. The number of nitrogens with zero attached hydrogens (tertiary/aromatic N) is 1. The van der Waals surface area contributed by atoms with Crippen LogP contribution in [0.25, 0.3) is 0 Å². The molecule has 0 spiro atoms. The van der Waals surface area contributed by atoms with Crippen LogP contribution in [0.3, 0.4) is 0 Å². The third-order valence-corrected chi connectivity index (χ3v) is 3.78. The van der Waals surface area contributed by atoms with Crippen molar-refractivity contribution in [3.63, 3.8) is 0 Å². The molecule has 0 aromatic heterocycles. The lowest BCUT2D eigenvalue weighted by molar-refractivity contribution is -0.00200. The van der Waals surface area contributed by atoms with E-state index < -0.39 is 6.10 Å². The van der Waals surface area contributed by atoms with E-state index in [-0.39, 0.29) is 12.5 Å². The highest BCUT2D eigenvalue weighted by Gasteiger charge is 2.26. The summed E-state index contributed by atoms with van der Waals surface area (Å²) < 4.78 is 0. The first-order chi connectivity index (χ1) is 8.58. The van der Waals surface area contributed by atoms with Crippen molar-refractivity contribution in [2.45, 2.75) is 19.1 Å². The van der Waals surface area contributed by atoms with Crippen molar-refractivity contribution in [3.8, 4) is 0 Å². The van der Waals surface area contributed by atoms with Crippen LogP contribution in [-0.2, 0) is 6.54 Å². The van der Waals surface area contributed by atoms with Crippen LogP contribution < -0.4 is 0 Å². The van der Waals surface area contributed by atoms with Crippen molar-refractivity contribution in [1.82, 2.24) is 4.90 Å². The highest BCUT2D eigenvalue weighted by Crippen LogP contribution is 2.23.